The lowest BCUT2D eigenvalue weighted by atomic mass is 10.1. The largest absolute Gasteiger partial charge is 0.465 e. The van der Waals surface area contributed by atoms with Crippen LogP contribution in [0, 0.1) is 20.2 Å². The molecule has 4 rings (SSSR count). The summed E-state index contributed by atoms with van der Waals surface area (Å²) >= 11 is 0. The van der Waals surface area contributed by atoms with Gasteiger partial charge in [-0.1, -0.05) is 24.3 Å². The Morgan fingerprint density at radius 2 is 1.28 bits per heavy atom. The Morgan fingerprint density at radius 1 is 0.674 bits per heavy atom. The highest BCUT2D eigenvalue weighted by molar-refractivity contribution is 7.93. The Labute approximate surface area is 261 Å². The summed E-state index contributed by atoms with van der Waals surface area (Å²) in [6.45, 7) is -0.440. The first-order valence-electron chi connectivity index (χ1n) is 12.7. The summed E-state index contributed by atoms with van der Waals surface area (Å²) in [5.74, 6) is -1.91. The number of anilines is 2. The van der Waals surface area contributed by atoms with Gasteiger partial charge < -0.3 is 9.47 Å². The van der Waals surface area contributed by atoms with Crippen molar-refractivity contribution in [3.8, 4) is 0 Å². The number of ether oxygens (including phenoxy) is 2. The van der Waals surface area contributed by atoms with Gasteiger partial charge >= 0.3 is 11.9 Å². The lowest BCUT2D eigenvalue weighted by Gasteiger charge is -2.14. The summed E-state index contributed by atoms with van der Waals surface area (Å²) in [6.07, 6.45) is 0. The van der Waals surface area contributed by atoms with Gasteiger partial charge in [0, 0.05) is 24.3 Å². The molecule has 238 valence electrons. The maximum Gasteiger partial charge on any atom is 0.340 e. The average molecular weight is 671 g/mol. The number of rotatable bonds is 12. The first-order chi connectivity index (χ1) is 21.7. The van der Waals surface area contributed by atoms with Crippen LogP contribution in [0.15, 0.2) is 101 Å². The second-order valence-electron chi connectivity index (χ2n) is 9.21. The number of nitrogens with zero attached hydrogens (tertiary/aromatic N) is 2. The predicted molar refractivity (Wildman–Crippen MR) is 161 cm³/mol. The molecule has 0 unspecified atom stereocenters. The first-order valence-corrected chi connectivity index (χ1v) is 15.7. The number of hydrogen-bond donors (Lipinski definition) is 2. The molecule has 0 bridgehead atoms. The fourth-order valence-corrected chi connectivity index (χ4v) is 6.14. The van der Waals surface area contributed by atoms with Crippen molar-refractivity contribution in [3.63, 3.8) is 0 Å². The van der Waals surface area contributed by atoms with Crippen molar-refractivity contribution < 1.29 is 45.7 Å². The van der Waals surface area contributed by atoms with Gasteiger partial charge in [-0.2, -0.15) is 0 Å². The molecule has 0 amide bonds. The molecule has 0 atom stereocenters. The molecule has 0 radical (unpaired) electrons. The van der Waals surface area contributed by atoms with Crippen LogP contribution in [0.1, 0.15) is 26.3 Å². The van der Waals surface area contributed by atoms with Gasteiger partial charge in [0.1, 0.15) is 6.61 Å². The number of carbonyl (C=O) groups excluding carboxylic acids is 2. The number of non-ortho nitro benzene ring substituents is 2. The van der Waals surface area contributed by atoms with Gasteiger partial charge in [0.05, 0.1) is 49.2 Å². The topological polar surface area (TPSA) is 231 Å². The molecule has 46 heavy (non-hydrogen) atoms. The molecule has 4 aromatic carbocycles. The maximum absolute atomic E-state index is 13.0. The maximum atomic E-state index is 13.0. The summed E-state index contributed by atoms with van der Waals surface area (Å²) in [5.41, 5.74) is -1.37. The van der Waals surface area contributed by atoms with Gasteiger partial charge in [-0.05, 0) is 48.0 Å². The van der Waals surface area contributed by atoms with Gasteiger partial charge in [-0.15, -0.1) is 0 Å². The minimum Gasteiger partial charge on any atom is -0.465 e. The van der Waals surface area contributed by atoms with Crippen molar-refractivity contribution in [3.05, 3.63) is 128 Å². The van der Waals surface area contributed by atoms with Crippen LogP contribution in [0.3, 0.4) is 0 Å². The van der Waals surface area contributed by atoms with E-state index in [1.165, 1.54) is 48.5 Å². The van der Waals surface area contributed by atoms with Crippen molar-refractivity contribution in [2.24, 2.45) is 0 Å². The number of hydrogen-bond acceptors (Lipinski definition) is 12. The van der Waals surface area contributed by atoms with Crippen LogP contribution in [0.2, 0.25) is 0 Å². The molecule has 0 aliphatic heterocycles. The third-order valence-electron chi connectivity index (χ3n) is 6.19. The Balaban J connectivity index is 1.53. The molecule has 0 fully saturated rings. The van der Waals surface area contributed by atoms with Crippen molar-refractivity contribution in [2.75, 3.05) is 16.6 Å². The number of nitrogens with one attached hydrogen (secondary N) is 2. The molecule has 0 aliphatic rings. The molecule has 2 N–H and O–H groups in total. The Bertz CT molecular complexity index is 2070. The zero-order chi connectivity index (χ0) is 33.6. The van der Waals surface area contributed by atoms with E-state index in [0.29, 0.717) is 0 Å². The summed E-state index contributed by atoms with van der Waals surface area (Å²) in [7, 11) is -7.59. The number of nitro groups is 2. The third kappa shape index (κ3) is 7.60. The number of benzene rings is 4. The number of esters is 2. The highest BCUT2D eigenvalue weighted by Gasteiger charge is 2.23. The molecule has 0 aromatic heterocycles. The van der Waals surface area contributed by atoms with E-state index < -0.39 is 59.0 Å². The summed E-state index contributed by atoms with van der Waals surface area (Å²) in [4.78, 5) is 45.3. The second-order valence-corrected chi connectivity index (χ2v) is 12.6. The van der Waals surface area contributed by atoms with E-state index in [0.717, 1.165) is 49.6 Å². The normalized spacial score (nSPS) is 11.2. The SMILES string of the molecule is COC(=O)c1cc(COC(=O)c2ccccc2NS(=O)(=O)c2ccc([N+](=O)[O-])cc2)ccc1NS(=O)(=O)c1cccc([N+](=O)[O-])c1. The number of carbonyl (C=O) groups is 2. The number of nitro benzene ring substituents is 2. The van der Waals surface area contributed by atoms with Gasteiger partial charge in [0.2, 0.25) is 0 Å². The quantitative estimate of drug-likeness (QED) is 0.122. The molecule has 0 saturated carbocycles. The van der Waals surface area contributed by atoms with Crippen LogP contribution >= 0.6 is 0 Å². The standard InChI is InChI=1S/C28H22N4O12S2/c1-43-27(33)24-15-18(9-14-26(24)30-46(41,42)22-6-4-5-20(16-22)32(37)38)17-44-28(34)23-7-2-3-8-25(23)29-45(39,40)21-12-10-19(11-13-21)31(35)36/h2-16,29-30H,17H2,1H3. The van der Waals surface area contributed by atoms with Crippen molar-refractivity contribution in [1.82, 2.24) is 0 Å². The average Bonchev–Trinajstić information content (AvgIpc) is 3.03. The lowest BCUT2D eigenvalue weighted by molar-refractivity contribution is -0.385. The summed E-state index contributed by atoms with van der Waals surface area (Å²) in [5, 5.41) is 21.9. The van der Waals surface area contributed by atoms with Crippen LogP contribution in [0.25, 0.3) is 0 Å². The molecule has 0 heterocycles. The number of sulfonamides is 2. The molecule has 0 saturated heterocycles. The van der Waals surface area contributed by atoms with Crippen LogP contribution in [-0.4, -0.2) is 45.7 Å². The zero-order valence-electron chi connectivity index (χ0n) is 23.5. The van der Waals surface area contributed by atoms with E-state index >= 15 is 0 Å². The zero-order valence-corrected chi connectivity index (χ0v) is 25.1. The van der Waals surface area contributed by atoms with E-state index in [4.69, 9.17) is 9.47 Å². The van der Waals surface area contributed by atoms with E-state index in [1.54, 1.807) is 0 Å². The van der Waals surface area contributed by atoms with E-state index in [1.807, 2.05) is 0 Å². The Kier molecular flexibility index (Phi) is 9.62. The minimum atomic E-state index is -4.39. The number of para-hydroxylation sites is 1. The highest BCUT2D eigenvalue weighted by Crippen LogP contribution is 2.26. The molecule has 16 nitrogen and oxygen atoms in total. The molecular formula is C28H22N4O12S2. The first kappa shape index (κ1) is 33.0. The minimum absolute atomic E-state index is 0.146. The predicted octanol–water partition coefficient (Wildman–Crippen LogP) is 4.25. The number of methoxy groups -OCH3 is 1. The van der Waals surface area contributed by atoms with Gasteiger partial charge in [0.25, 0.3) is 31.4 Å². The molecule has 18 heteroatoms. The van der Waals surface area contributed by atoms with E-state index in [-0.39, 0.29) is 38.6 Å². The lowest BCUT2D eigenvalue weighted by Crippen LogP contribution is -2.17. The van der Waals surface area contributed by atoms with Crippen molar-refractivity contribution in [1.29, 1.82) is 0 Å². The van der Waals surface area contributed by atoms with Crippen molar-refractivity contribution in [2.45, 2.75) is 16.4 Å². The Hall–Kier alpha value is -5.88. The van der Waals surface area contributed by atoms with E-state index in [2.05, 4.69) is 9.44 Å². The molecule has 0 spiro atoms. The van der Waals surface area contributed by atoms with Gasteiger partial charge in [-0.3, -0.25) is 29.7 Å². The third-order valence-corrected chi connectivity index (χ3v) is 8.94. The summed E-state index contributed by atoms with van der Waals surface area (Å²) in [6, 6.07) is 17.6. The van der Waals surface area contributed by atoms with E-state index in [9.17, 15) is 46.7 Å². The van der Waals surface area contributed by atoms with Crippen LogP contribution in [0.5, 0.6) is 0 Å². The summed E-state index contributed by atoms with van der Waals surface area (Å²) < 4.78 is 66.1. The van der Waals surface area contributed by atoms with Crippen LogP contribution < -0.4 is 9.44 Å². The smallest absolute Gasteiger partial charge is 0.340 e. The van der Waals surface area contributed by atoms with Crippen molar-refractivity contribution >= 4 is 54.7 Å². The monoisotopic (exact) mass is 670 g/mol. The second kappa shape index (κ2) is 13.4. The fourth-order valence-electron chi connectivity index (χ4n) is 3.94. The Morgan fingerprint density at radius 3 is 1.91 bits per heavy atom. The highest BCUT2D eigenvalue weighted by atomic mass is 32.2. The fraction of sp³-hybridized carbons (Fsp3) is 0.0714. The molecular weight excluding hydrogens is 648 g/mol. The molecule has 4 aromatic rings. The van der Waals surface area contributed by atoms with Crippen LogP contribution in [0.4, 0.5) is 22.7 Å². The van der Waals surface area contributed by atoms with Gasteiger partial charge in [0.15, 0.2) is 0 Å². The van der Waals surface area contributed by atoms with Gasteiger partial charge in [-0.25, -0.2) is 26.4 Å². The molecule has 0 aliphatic carbocycles. The van der Waals surface area contributed by atoms with Crippen LogP contribution in [-0.2, 0) is 36.1 Å².